The highest BCUT2D eigenvalue weighted by Gasteiger charge is 2.27. The molecule has 0 spiro atoms. The summed E-state index contributed by atoms with van der Waals surface area (Å²) in [6.07, 6.45) is 1.82. The van der Waals surface area contributed by atoms with Crippen LogP contribution in [-0.4, -0.2) is 75.9 Å². The number of sulfonamides is 3. The molecule has 0 unspecified atom stereocenters. The van der Waals surface area contributed by atoms with Crippen LogP contribution in [0.1, 0.15) is 5.56 Å². The van der Waals surface area contributed by atoms with Gasteiger partial charge >= 0.3 is 0 Å². The van der Waals surface area contributed by atoms with E-state index in [9.17, 15) is 55.3 Å². The number of hydrogen-bond donors (Lipinski definition) is 4. The van der Waals surface area contributed by atoms with E-state index < -0.39 is 86.8 Å². The summed E-state index contributed by atoms with van der Waals surface area (Å²) >= 11 is 45.3. The van der Waals surface area contributed by atoms with Gasteiger partial charge in [-0.15, -0.1) is 0 Å². The predicted octanol–water partition coefficient (Wildman–Crippen LogP) is 18.7. The zero-order valence-corrected chi connectivity index (χ0v) is 63.2. The minimum Gasteiger partial charge on any atom is -0.496 e. The van der Waals surface area contributed by atoms with Gasteiger partial charge in [-0.3, -0.25) is 9.44 Å². The van der Waals surface area contributed by atoms with Crippen LogP contribution < -0.4 is 34.5 Å². The smallest absolute Gasteiger partial charge is 0.264 e. The number of anilines is 3. The molecule has 0 atom stereocenters. The van der Waals surface area contributed by atoms with Gasteiger partial charge in [-0.1, -0.05) is 202 Å². The Hall–Kier alpha value is -6.89. The van der Waals surface area contributed by atoms with Crippen molar-refractivity contribution in [3.63, 3.8) is 0 Å². The molecule has 0 radical (unpaired) electrons. The molecule has 10 rings (SSSR count). The van der Waals surface area contributed by atoms with Crippen molar-refractivity contribution in [3.8, 4) is 50.6 Å². The molecule has 532 valence electrons. The van der Waals surface area contributed by atoms with Crippen LogP contribution in [0.4, 0.5) is 30.2 Å². The number of halogens is 12. The lowest BCUT2D eigenvalue weighted by atomic mass is 10.0. The molecule has 0 aromatic heterocycles. The Bertz CT molecular complexity index is 5130. The van der Waals surface area contributed by atoms with Crippen LogP contribution in [0.2, 0.25) is 40.2 Å². The lowest BCUT2D eigenvalue weighted by Crippen LogP contribution is -2.18. The summed E-state index contributed by atoms with van der Waals surface area (Å²) in [6.45, 7) is 0. The molecule has 0 heterocycles. The first-order valence-corrected chi connectivity index (χ1v) is 40.0. The van der Waals surface area contributed by atoms with Crippen LogP contribution in [0.25, 0.3) is 33.4 Å². The molecule has 0 aliphatic heterocycles. The summed E-state index contributed by atoms with van der Waals surface area (Å²) in [7, 11) is -10.1. The van der Waals surface area contributed by atoms with Crippen LogP contribution in [0.3, 0.4) is 0 Å². The van der Waals surface area contributed by atoms with Crippen LogP contribution in [0.5, 0.6) is 17.2 Å². The molecule has 0 fully saturated rings. The Balaban J connectivity index is 0.000000235. The number of nitrogen functional groups attached to an aromatic ring is 1. The molecular formula is C66H56Cl9F3N4O13S5. The summed E-state index contributed by atoms with van der Waals surface area (Å²) in [5.41, 5.74) is 12.4. The molecule has 0 saturated carbocycles. The van der Waals surface area contributed by atoms with Crippen molar-refractivity contribution in [2.45, 2.75) is 20.4 Å². The number of primary sulfonamides is 1. The van der Waals surface area contributed by atoms with Gasteiger partial charge in [0.1, 0.15) is 37.8 Å². The number of ether oxygens (including phenoxy) is 3. The quantitative estimate of drug-likeness (QED) is 0.0422. The van der Waals surface area contributed by atoms with Gasteiger partial charge in [0.05, 0.1) is 76.7 Å². The van der Waals surface area contributed by atoms with E-state index in [-0.39, 0.29) is 52.3 Å². The highest BCUT2D eigenvalue weighted by Crippen LogP contribution is 2.39. The summed E-state index contributed by atoms with van der Waals surface area (Å²) in [5, 5.41) is 4.02. The number of hydrogen-bond acceptors (Lipinski definition) is 14. The Labute approximate surface area is 622 Å². The van der Waals surface area contributed by atoms with Gasteiger partial charge in [-0.05, 0) is 124 Å². The molecule has 6 N–H and O–H groups in total. The third-order valence-corrected chi connectivity index (χ3v) is 19.6. The standard InChI is InChI=1S/C20H15Cl2FO3S.C20H18Cl2N2O5S2.C13H13NO.C6H2Cl3FO2S.C6H3Cl2F.CH5NO2S/c1-26-18-8-7-14(13-5-3-2-4-6-13)9-15(18)12-27(24,25)19-11-16(21)10-17(22)20(19)23;1-29-18-9-8-14(13-6-4-3-5-7-13)10-17(18)23-31(27,28)19-12-15(21)11-16(22)20(19)24-30(2,25)26;1-15-13-8-7-11(9-12(13)14)10-5-3-2-4-6-10;7-3-1-4(8)6(10)5(2-3)13(9,11)12;7-4-1-2-6(9)5(8)3-4;1-5(2,3)4/h2-11H,12H2,1H3;3-12,23-24H,1-2H3;2-9H,14H2,1H3;1-2H;1-3H;1H3,(H2,2,3,4). The highest BCUT2D eigenvalue weighted by molar-refractivity contribution is 8.13. The number of methoxy groups -OCH3 is 3. The van der Waals surface area contributed by atoms with E-state index in [0.717, 1.165) is 82.0 Å². The molecule has 0 bridgehead atoms. The van der Waals surface area contributed by atoms with Crippen LogP contribution in [-0.2, 0) is 54.7 Å². The normalized spacial score (nSPS) is 11.2. The van der Waals surface area contributed by atoms with Crippen molar-refractivity contribution in [1.82, 2.24) is 0 Å². The van der Waals surface area contributed by atoms with E-state index in [1.807, 2.05) is 103 Å². The van der Waals surface area contributed by atoms with E-state index >= 15 is 0 Å². The second-order valence-corrected chi connectivity index (χ2v) is 33.1. The second kappa shape index (κ2) is 37.3. The molecule has 34 heteroatoms. The number of benzene rings is 10. The second-order valence-electron chi connectivity index (χ2n) is 20.2. The average molecular weight is 1650 g/mol. The maximum absolute atomic E-state index is 14.3. The van der Waals surface area contributed by atoms with Crippen LogP contribution in [0.15, 0.2) is 215 Å². The lowest BCUT2D eigenvalue weighted by Gasteiger charge is -2.17. The zero-order chi connectivity index (χ0) is 74.7. The fourth-order valence-corrected chi connectivity index (χ4v) is 15.0. The lowest BCUT2D eigenvalue weighted by molar-refractivity contribution is 0.411. The van der Waals surface area contributed by atoms with E-state index in [4.69, 9.17) is 123 Å². The molecule has 10 aromatic carbocycles. The molecule has 0 aliphatic carbocycles. The van der Waals surface area contributed by atoms with Crippen molar-refractivity contribution in [1.29, 1.82) is 0 Å². The average Bonchev–Trinajstić information content (AvgIpc) is 0.782. The minimum atomic E-state index is -4.32. The largest absolute Gasteiger partial charge is 0.496 e. The highest BCUT2D eigenvalue weighted by atomic mass is 35.7. The molecule has 0 aliphatic rings. The molecule has 0 saturated heterocycles. The van der Waals surface area contributed by atoms with Gasteiger partial charge < -0.3 is 19.9 Å². The van der Waals surface area contributed by atoms with Crippen LogP contribution in [0, 0.1) is 17.5 Å². The van der Waals surface area contributed by atoms with Crippen molar-refractivity contribution < 1.29 is 69.5 Å². The first-order chi connectivity index (χ1) is 46.6. The maximum Gasteiger partial charge on any atom is 0.264 e. The van der Waals surface area contributed by atoms with E-state index in [2.05, 4.69) is 26.7 Å². The van der Waals surface area contributed by atoms with Gasteiger partial charge in [0.25, 0.3) is 19.1 Å². The topological polar surface area (TPSA) is 274 Å². The Morgan fingerprint density at radius 2 is 0.800 bits per heavy atom. The van der Waals surface area contributed by atoms with Crippen molar-refractivity contribution in [3.05, 3.63) is 263 Å². The van der Waals surface area contributed by atoms with Gasteiger partial charge in [0.15, 0.2) is 21.5 Å². The fourth-order valence-electron chi connectivity index (χ4n) is 8.31. The Morgan fingerprint density at radius 1 is 0.410 bits per heavy atom. The maximum atomic E-state index is 14.3. The van der Waals surface area contributed by atoms with Crippen molar-refractivity contribution in [2.75, 3.05) is 49.0 Å². The number of rotatable bonds is 15. The zero-order valence-electron chi connectivity index (χ0n) is 52.3. The number of nitrogens with one attached hydrogen (secondary N) is 2. The van der Waals surface area contributed by atoms with Gasteiger partial charge in [-0.25, -0.2) is 60.4 Å². The third-order valence-electron chi connectivity index (χ3n) is 12.6. The van der Waals surface area contributed by atoms with Gasteiger partial charge in [0, 0.05) is 36.3 Å². The first kappa shape index (κ1) is 83.8. The van der Waals surface area contributed by atoms with Gasteiger partial charge in [0.2, 0.25) is 20.0 Å². The summed E-state index contributed by atoms with van der Waals surface area (Å²) in [4.78, 5) is -1.68. The minimum absolute atomic E-state index is 0.00521. The molecule has 17 nitrogen and oxygen atoms in total. The summed E-state index contributed by atoms with van der Waals surface area (Å²) < 4.78 is 176. The fraction of sp³-hybridized carbons (Fsp3) is 0.0909. The van der Waals surface area contributed by atoms with E-state index in [1.54, 1.807) is 37.4 Å². The number of nitrogens with two attached hydrogens (primary N) is 2. The third kappa shape index (κ3) is 26.2. The monoisotopic (exact) mass is 1640 g/mol. The molecule has 0 amide bonds. The van der Waals surface area contributed by atoms with Crippen molar-refractivity contribution in [2.24, 2.45) is 5.14 Å². The molecule has 100 heavy (non-hydrogen) atoms. The van der Waals surface area contributed by atoms with E-state index in [0.29, 0.717) is 22.0 Å². The van der Waals surface area contributed by atoms with E-state index in [1.165, 1.54) is 38.5 Å². The number of sulfone groups is 1. The SMILES string of the molecule is COc1ccc(-c2ccccc2)cc1CS(=O)(=O)c1cc(Cl)cc(Cl)c1F.COc1ccc(-c2ccccc2)cc1N.COc1ccc(-c2ccccc2)cc1NS(=O)(=O)c1cc(Cl)cc(Cl)c1NS(C)(=O)=O.CS(N)(=O)=O.Fc1ccc(Cl)cc1Cl.O=S(=O)(Cl)c1cc(Cl)cc(Cl)c1F. The Morgan fingerprint density at radius 3 is 1.22 bits per heavy atom. The first-order valence-electron chi connectivity index (χ1n) is 27.6. The Kier molecular flexibility index (Phi) is 31.3. The van der Waals surface area contributed by atoms with Crippen LogP contribution >= 0.6 is 103 Å². The van der Waals surface area contributed by atoms with Crippen molar-refractivity contribution >= 4 is 170 Å². The predicted molar refractivity (Wildman–Crippen MR) is 398 cm³/mol. The molecular weight excluding hydrogens is 1590 g/mol. The summed E-state index contributed by atoms with van der Waals surface area (Å²) in [5.74, 6) is -1.62. The van der Waals surface area contributed by atoms with Gasteiger partial charge in [-0.2, -0.15) is 0 Å². The summed E-state index contributed by atoms with van der Waals surface area (Å²) in [6, 6.07) is 55.7. The molecule has 10 aromatic rings.